The van der Waals surface area contributed by atoms with Gasteiger partial charge in [0, 0.05) is 18.3 Å². The van der Waals surface area contributed by atoms with E-state index in [1.807, 2.05) is 42.2 Å². The van der Waals surface area contributed by atoms with E-state index in [4.69, 9.17) is 4.74 Å². The maximum Gasteiger partial charge on any atom is 0.230 e. The Morgan fingerprint density at radius 2 is 2.08 bits per heavy atom. The van der Waals surface area contributed by atoms with Gasteiger partial charge in [0.25, 0.3) is 0 Å². The van der Waals surface area contributed by atoms with Gasteiger partial charge in [-0.3, -0.25) is 0 Å². The molecule has 0 amide bonds. The van der Waals surface area contributed by atoms with E-state index in [-0.39, 0.29) is 0 Å². The van der Waals surface area contributed by atoms with Crippen molar-refractivity contribution in [3.63, 3.8) is 0 Å². The SMILES string of the molecule is Cc1ccc(/C(=N/O)N2CC2C)c(Oc2cccc(C(C)C)c2)n1. The summed E-state index contributed by atoms with van der Waals surface area (Å²) in [5, 5.41) is 12.9. The molecule has 3 rings (SSSR count). The van der Waals surface area contributed by atoms with E-state index in [1.54, 1.807) is 0 Å². The first kappa shape index (κ1) is 16.3. The Balaban J connectivity index is 1.95. The number of amidine groups is 1. The molecule has 1 aromatic carbocycles. The van der Waals surface area contributed by atoms with Gasteiger partial charge in [-0.05, 0) is 49.6 Å². The fourth-order valence-corrected chi connectivity index (χ4v) is 2.63. The minimum atomic E-state index is 0.370. The number of oxime groups is 1. The molecule has 1 unspecified atom stereocenters. The Morgan fingerprint density at radius 3 is 2.71 bits per heavy atom. The van der Waals surface area contributed by atoms with Crippen LogP contribution in [-0.4, -0.2) is 33.5 Å². The minimum Gasteiger partial charge on any atom is -0.438 e. The summed E-state index contributed by atoms with van der Waals surface area (Å²) < 4.78 is 6.05. The molecule has 1 aromatic heterocycles. The molecule has 0 spiro atoms. The van der Waals surface area contributed by atoms with E-state index in [2.05, 4.69) is 37.0 Å². The Hall–Kier alpha value is -2.56. The quantitative estimate of drug-likeness (QED) is 0.302. The number of aromatic nitrogens is 1. The second kappa shape index (κ2) is 6.51. The van der Waals surface area contributed by atoms with E-state index in [1.165, 1.54) is 5.56 Å². The molecule has 126 valence electrons. The normalized spacial score (nSPS) is 17.3. The zero-order valence-corrected chi connectivity index (χ0v) is 14.5. The number of rotatable bonds is 4. The van der Waals surface area contributed by atoms with Crippen molar-refractivity contribution in [2.75, 3.05) is 6.54 Å². The number of pyridine rings is 1. The Morgan fingerprint density at radius 1 is 1.33 bits per heavy atom. The highest BCUT2D eigenvalue weighted by atomic mass is 16.5. The van der Waals surface area contributed by atoms with E-state index >= 15 is 0 Å². The summed E-state index contributed by atoms with van der Waals surface area (Å²) in [6.45, 7) is 9.16. The predicted octanol–water partition coefficient (Wildman–Crippen LogP) is 4.15. The third-order valence-electron chi connectivity index (χ3n) is 4.21. The van der Waals surface area contributed by atoms with Gasteiger partial charge in [0.2, 0.25) is 5.88 Å². The van der Waals surface area contributed by atoms with Crippen molar-refractivity contribution in [2.24, 2.45) is 5.16 Å². The molecule has 0 bridgehead atoms. The maximum atomic E-state index is 9.45. The second-order valence-electron chi connectivity index (χ2n) is 6.56. The van der Waals surface area contributed by atoms with Gasteiger partial charge in [0.15, 0.2) is 5.84 Å². The molecule has 1 saturated heterocycles. The van der Waals surface area contributed by atoms with Crippen molar-refractivity contribution in [1.29, 1.82) is 0 Å². The topological polar surface area (TPSA) is 57.7 Å². The van der Waals surface area contributed by atoms with Gasteiger partial charge < -0.3 is 14.8 Å². The molecule has 24 heavy (non-hydrogen) atoms. The van der Waals surface area contributed by atoms with Crippen molar-refractivity contribution < 1.29 is 9.94 Å². The van der Waals surface area contributed by atoms with E-state index in [0.29, 0.717) is 29.2 Å². The fourth-order valence-electron chi connectivity index (χ4n) is 2.63. The Kier molecular flexibility index (Phi) is 4.42. The summed E-state index contributed by atoms with van der Waals surface area (Å²) in [6.07, 6.45) is 0. The van der Waals surface area contributed by atoms with Gasteiger partial charge >= 0.3 is 0 Å². The molecular weight excluding hydrogens is 302 g/mol. The highest BCUT2D eigenvalue weighted by Gasteiger charge is 2.35. The van der Waals surface area contributed by atoms with Gasteiger partial charge in [-0.1, -0.05) is 31.1 Å². The zero-order valence-electron chi connectivity index (χ0n) is 14.5. The minimum absolute atomic E-state index is 0.370. The van der Waals surface area contributed by atoms with Crippen LogP contribution in [0.15, 0.2) is 41.6 Å². The van der Waals surface area contributed by atoms with Crippen LogP contribution >= 0.6 is 0 Å². The summed E-state index contributed by atoms with van der Waals surface area (Å²) in [4.78, 5) is 6.51. The molecular formula is C19H23N3O2. The lowest BCUT2D eigenvalue weighted by molar-refractivity contribution is 0.313. The fraction of sp³-hybridized carbons (Fsp3) is 0.368. The lowest BCUT2D eigenvalue weighted by Gasteiger charge is -2.14. The van der Waals surface area contributed by atoms with Crippen molar-refractivity contribution in [2.45, 2.75) is 39.7 Å². The van der Waals surface area contributed by atoms with Crippen LogP contribution in [-0.2, 0) is 0 Å². The lowest BCUT2D eigenvalue weighted by Crippen LogP contribution is -2.16. The van der Waals surface area contributed by atoms with Gasteiger partial charge in [-0.25, -0.2) is 4.98 Å². The van der Waals surface area contributed by atoms with Gasteiger partial charge in [0.1, 0.15) is 5.75 Å². The van der Waals surface area contributed by atoms with Crippen molar-refractivity contribution in [3.05, 3.63) is 53.2 Å². The third kappa shape index (κ3) is 3.35. The van der Waals surface area contributed by atoms with Crippen LogP contribution < -0.4 is 4.74 Å². The van der Waals surface area contributed by atoms with Crippen LogP contribution in [0.25, 0.3) is 0 Å². The van der Waals surface area contributed by atoms with Crippen LogP contribution in [0, 0.1) is 6.92 Å². The van der Waals surface area contributed by atoms with Crippen LogP contribution in [0.2, 0.25) is 0 Å². The van der Waals surface area contributed by atoms with Crippen molar-refractivity contribution in [1.82, 2.24) is 9.88 Å². The van der Waals surface area contributed by atoms with E-state index in [0.717, 1.165) is 18.0 Å². The first-order valence-corrected chi connectivity index (χ1v) is 8.24. The monoisotopic (exact) mass is 325 g/mol. The smallest absolute Gasteiger partial charge is 0.230 e. The van der Waals surface area contributed by atoms with Crippen LogP contribution in [0.1, 0.15) is 43.5 Å². The molecule has 1 fully saturated rings. The van der Waals surface area contributed by atoms with Gasteiger partial charge in [-0.2, -0.15) is 0 Å². The third-order valence-corrected chi connectivity index (χ3v) is 4.21. The van der Waals surface area contributed by atoms with Crippen LogP contribution in [0.4, 0.5) is 0 Å². The molecule has 0 saturated carbocycles. The second-order valence-corrected chi connectivity index (χ2v) is 6.56. The Labute approximate surface area is 142 Å². The number of hydrogen-bond acceptors (Lipinski definition) is 4. The molecule has 0 aliphatic carbocycles. The zero-order chi connectivity index (χ0) is 17.3. The summed E-state index contributed by atoms with van der Waals surface area (Å²) in [5.74, 6) is 2.12. The van der Waals surface area contributed by atoms with E-state index < -0.39 is 0 Å². The maximum absolute atomic E-state index is 9.45. The highest BCUT2D eigenvalue weighted by molar-refractivity contribution is 6.02. The summed E-state index contributed by atoms with van der Waals surface area (Å²) >= 11 is 0. The Bertz CT molecular complexity index is 771. The molecule has 1 aliphatic rings. The largest absolute Gasteiger partial charge is 0.438 e. The average molecular weight is 325 g/mol. The van der Waals surface area contributed by atoms with Crippen LogP contribution in [0.3, 0.4) is 0 Å². The highest BCUT2D eigenvalue weighted by Crippen LogP contribution is 2.30. The predicted molar refractivity (Wildman–Crippen MR) is 94.1 cm³/mol. The molecule has 5 heteroatoms. The van der Waals surface area contributed by atoms with Gasteiger partial charge in [-0.15, -0.1) is 0 Å². The van der Waals surface area contributed by atoms with E-state index in [9.17, 15) is 5.21 Å². The first-order chi connectivity index (χ1) is 11.5. The summed E-state index contributed by atoms with van der Waals surface area (Å²) in [7, 11) is 0. The van der Waals surface area contributed by atoms with Gasteiger partial charge in [0.05, 0.1) is 5.56 Å². The lowest BCUT2D eigenvalue weighted by atomic mass is 10.0. The molecule has 1 N–H and O–H groups in total. The number of ether oxygens (including phenoxy) is 1. The standard InChI is InChI=1S/C19H23N3O2/c1-12(2)15-6-5-7-16(10-15)24-19-17(9-8-13(3)20-19)18(21-23)22-11-14(22)4/h5-10,12,14,23H,11H2,1-4H3/b21-18-. The number of nitrogens with zero attached hydrogens (tertiary/aromatic N) is 3. The molecule has 5 nitrogen and oxygen atoms in total. The summed E-state index contributed by atoms with van der Waals surface area (Å²) in [6, 6.07) is 12.2. The number of benzene rings is 1. The molecule has 2 heterocycles. The first-order valence-electron chi connectivity index (χ1n) is 8.24. The molecule has 1 atom stereocenters. The molecule has 1 aliphatic heterocycles. The average Bonchev–Trinajstić information content (AvgIpc) is 3.27. The number of hydrogen-bond donors (Lipinski definition) is 1. The molecule has 2 aromatic rings. The summed E-state index contributed by atoms with van der Waals surface area (Å²) in [5.41, 5.74) is 2.75. The molecule has 0 radical (unpaired) electrons. The van der Waals surface area contributed by atoms with Crippen molar-refractivity contribution in [3.8, 4) is 11.6 Å². The van der Waals surface area contributed by atoms with Crippen LogP contribution in [0.5, 0.6) is 11.6 Å². The van der Waals surface area contributed by atoms with Crippen molar-refractivity contribution >= 4 is 5.84 Å². The number of aryl methyl sites for hydroxylation is 1.